The van der Waals surface area contributed by atoms with E-state index in [1.807, 2.05) is 61.5 Å². The van der Waals surface area contributed by atoms with Gasteiger partial charge in [0.05, 0.1) is 23.4 Å². The smallest absolute Gasteiger partial charge is 0.340 e. The van der Waals surface area contributed by atoms with Gasteiger partial charge in [-0.3, -0.25) is 0 Å². The third-order valence-corrected chi connectivity index (χ3v) is 4.27. The first-order valence-corrected chi connectivity index (χ1v) is 9.09. The van der Waals surface area contributed by atoms with Crippen molar-refractivity contribution in [1.29, 1.82) is 5.26 Å². The summed E-state index contributed by atoms with van der Waals surface area (Å²) < 4.78 is 5.16. The number of anilines is 1. The van der Waals surface area contributed by atoms with Crippen LogP contribution in [0.25, 0.3) is 11.3 Å². The number of aromatic nitrogens is 1. The van der Waals surface area contributed by atoms with Crippen LogP contribution >= 0.6 is 0 Å². The SMILES string of the molecule is CCOC(=O)c1cc(C#N)c(NCc2ccc(C)cc2)nc1-c1ccccc1. The number of nitrogens with zero attached hydrogens (tertiary/aromatic N) is 2. The van der Waals surface area contributed by atoms with E-state index in [1.165, 1.54) is 5.56 Å². The van der Waals surface area contributed by atoms with Gasteiger partial charge in [0.25, 0.3) is 0 Å². The van der Waals surface area contributed by atoms with Gasteiger partial charge in [-0.25, -0.2) is 9.78 Å². The molecule has 140 valence electrons. The van der Waals surface area contributed by atoms with Crippen molar-refractivity contribution in [2.75, 3.05) is 11.9 Å². The normalized spacial score (nSPS) is 10.2. The van der Waals surface area contributed by atoms with E-state index in [4.69, 9.17) is 4.74 Å². The number of pyridine rings is 1. The Kier molecular flexibility index (Phi) is 6.03. The minimum Gasteiger partial charge on any atom is -0.462 e. The quantitative estimate of drug-likeness (QED) is 0.635. The topological polar surface area (TPSA) is 75.0 Å². The number of hydrogen-bond donors (Lipinski definition) is 1. The highest BCUT2D eigenvalue weighted by atomic mass is 16.5. The van der Waals surface area contributed by atoms with Gasteiger partial charge in [-0.05, 0) is 25.5 Å². The molecule has 0 unspecified atom stereocenters. The van der Waals surface area contributed by atoms with Crippen molar-refractivity contribution in [3.63, 3.8) is 0 Å². The predicted octanol–water partition coefficient (Wildman–Crippen LogP) is 4.72. The first-order valence-electron chi connectivity index (χ1n) is 9.09. The summed E-state index contributed by atoms with van der Waals surface area (Å²) in [4.78, 5) is 17.1. The first-order chi connectivity index (χ1) is 13.6. The summed E-state index contributed by atoms with van der Waals surface area (Å²) in [7, 11) is 0. The molecule has 0 amide bonds. The molecule has 0 aliphatic carbocycles. The molecule has 5 heteroatoms. The highest BCUT2D eigenvalue weighted by molar-refractivity contribution is 5.97. The first kappa shape index (κ1) is 19.1. The molecule has 1 heterocycles. The molecule has 1 N–H and O–H groups in total. The molecule has 0 fully saturated rings. The number of hydrogen-bond acceptors (Lipinski definition) is 5. The van der Waals surface area contributed by atoms with Crippen molar-refractivity contribution < 1.29 is 9.53 Å². The minimum absolute atomic E-state index is 0.252. The van der Waals surface area contributed by atoms with Crippen LogP contribution in [-0.2, 0) is 11.3 Å². The Morgan fingerprint density at radius 3 is 2.50 bits per heavy atom. The molecule has 3 aromatic rings. The van der Waals surface area contributed by atoms with Gasteiger partial charge < -0.3 is 10.1 Å². The van der Waals surface area contributed by atoms with Crippen LogP contribution < -0.4 is 5.32 Å². The van der Waals surface area contributed by atoms with Crippen molar-refractivity contribution in [3.8, 4) is 17.3 Å². The third kappa shape index (κ3) is 4.36. The van der Waals surface area contributed by atoms with E-state index in [0.29, 0.717) is 23.6 Å². The fourth-order valence-electron chi connectivity index (χ4n) is 2.81. The molecule has 0 aliphatic rings. The maximum absolute atomic E-state index is 12.4. The summed E-state index contributed by atoms with van der Waals surface area (Å²) in [5, 5.41) is 12.8. The molecule has 3 rings (SSSR count). The van der Waals surface area contributed by atoms with Crippen LogP contribution in [0.4, 0.5) is 5.82 Å². The molecule has 0 radical (unpaired) electrons. The molecular formula is C23H21N3O2. The van der Waals surface area contributed by atoms with E-state index in [0.717, 1.165) is 11.1 Å². The van der Waals surface area contributed by atoms with Crippen molar-refractivity contribution in [3.05, 3.63) is 82.9 Å². The fourth-order valence-corrected chi connectivity index (χ4v) is 2.81. The van der Waals surface area contributed by atoms with Crippen LogP contribution in [0, 0.1) is 18.3 Å². The zero-order chi connectivity index (χ0) is 19.9. The molecule has 0 atom stereocenters. The van der Waals surface area contributed by atoms with Crippen LogP contribution in [0.1, 0.15) is 34.0 Å². The number of ether oxygens (including phenoxy) is 1. The van der Waals surface area contributed by atoms with Gasteiger partial charge in [0, 0.05) is 12.1 Å². The largest absolute Gasteiger partial charge is 0.462 e. The Morgan fingerprint density at radius 1 is 1.14 bits per heavy atom. The molecule has 28 heavy (non-hydrogen) atoms. The maximum atomic E-state index is 12.4. The van der Waals surface area contributed by atoms with E-state index in [2.05, 4.69) is 16.4 Å². The number of carbonyl (C=O) groups excluding carboxylic acids is 1. The van der Waals surface area contributed by atoms with Gasteiger partial charge in [-0.15, -0.1) is 0 Å². The lowest BCUT2D eigenvalue weighted by atomic mass is 10.0. The molecule has 2 aromatic carbocycles. The average molecular weight is 371 g/mol. The molecule has 5 nitrogen and oxygen atoms in total. The number of rotatable bonds is 6. The highest BCUT2D eigenvalue weighted by Gasteiger charge is 2.19. The van der Waals surface area contributed by atoms with Crippen LogP contribution in [-0.4, -0.2) is 17.6 Å². The Hall–Kier alpha value is -3.65. The van der Waals surface area contributed by atoms with Gasteiger partial charge in [-0.2, -0.15) is 5.26 Å². The van der Waals surface area contributed by atoms with Crippen LogP contribution in [0.2, 0.25) is 0 Å². The van der Waals surface area contributed by atoms with Crippen LogP contribution in [0.15, 0.2) is 60.7 Å². The standard InChI is InChI=1S/C23H21N3O2/c1-3-28-23(27)20-13-19(14-24)22(25-15-17-11-9-16(2)10-12-17)26-21(20)18-7-5-4-6-8-18/h4-13H,3,15H2,1-2H3,(H,25,26). The highest BCUT2D eigenvalue weighted by Crippen LogP contribution is 2.27. The summed E-state index contributed by atoms with van der Waals surface area (Å²) in [6.07, 6.45) is 0. The molecule has 1 aromatic heterocycles. The Morgan fingerprint density at radius 2 is 1.86 bits per heavy atom. The minimum atomic E-state index is -0.490. The second-order valence-corrected chi connectivity index (χ2v) is 6.32. The summed E-state index contributed by atoms with van der Waals surface area (Å²) in [6, 6.07) is 21.2. The van der Waals surface area contributed by atoms with E-state index < -0.39 is 5.97 Å². The number of aryl methyl sites for hydroxylation is 1. The molecule has 0 aliphatic heterocycles. The molecule has 0 spiro atoms. The summed E-state index contributed by atoms with van der Waals surface area (Å²) in [5.74, 6) is -0.0505. The lowest BCUT2D eigenvalue weighted by Crippen LogP contribution is -2.11. The molecule has 0 bridgehead atoms. The van der Waals surface area contributed by atoms with E-state index in [9.17, 15) is 10.1 Å². The summed E-state index contributed by atoms with van der Waals surface area (Å²) in [6.45, 7) is 4.56. The van der Waals surface area contributed by atoms with E-state index >= 15 is 0 Å². The fraction of sp³-hybridized carbons (Fsp3) is 0.174. The van der Waals surface area contributed by atoms with Gasteiger partial charge in [0.15, 0.2) is 0 Å². The van der Waals surface area contributed by atoms with Gasteiger partial charge in [0.2, 0.25) is 0 Å². The van der Waals surface area contributed by atoms with Crippen LogP contribution in [0.3, 0.4) is 0 Å². The number of benzene rings is 2. The number of nitriles is 1. The van der Waals surface area contributed by atoms with Gasteiger partial charge in [-0.1, -0.05) is 60.2 Å². The van der Waals surface area contributed by atoms with Crippen molar-refractivity contribution in [2.24, 2.45) is 0 Å². The second-order valence-electron chi connectivity index (χ2n) is 6.32. The van der Waals surface area contributed by atoms with Crippen molar-refractivity contribution >= 4 is 11.8 Å². The van der Waals surface area contributed by atoms with E-state index in [1.54, 1.807) is 13.0 Å². The maximum Gasteiger partial charge on any atom is 0.340 e. The zero-order valence-corrected chi connectivity index (χ0v) is 15.9. The molecule has 0 saturated carbocycles. The Balaban J connectivity index is 2.01. The third-order valence-electron chi connectivity index (χ3n) is 4.27. The zero-order valence-electron chi connectivity index (χ0n) is 15.9. The number of carbonyl (C=O) groups is 1. The number of esters is 1. The monoisotopic (exact) mass is 371 g/mol. The summed E-state index contributed by atoms with van der Waals surface area (Å²) >= 11 is 0. The average Bonchev–Trinajstić information content (AvgIpc) is 2.73. The van der Waals surface area contributed by atoms with Gasteiger partial charge >= 0.3 is 5.97 Å². The molecular weight excluding hydrogens is 350 g/mol. The van der Waals surface area contributed by atoms with Crippen molar-refractivity contribution in [1.82, 2.24) is 4.98 Å². The summed E-state index contributed by atoms with van der Waals surface area (Å²) in [5.41, 5.74) is 4.12. The lowest BCUT2D eigenvalue weighted by Gasteiger charge is -2.14. The Bertz CT molecular complexity index is 1010. The van der Waals surface area contributed by atoms with Crippen molar-refractivity contribution in [2.45, 2.75) is 20.4 Å². The van der Waals surface area contributed by atoms with Gasteiger partial charge in [0.1, 0.15) is 11.9 Å². The van der Waals surface area contributed by atoms with Crippen LogP contribution in [0.5, 0.6) is 0 Å². The number of nitrogens with one attached hydrogen (secondary N) is 1. The lowest BCUT2D eigenvalue weighted by molar-refractivity contribution is 0.0527. The second kappa shape index (κ2) is 8.83. The molecule has 0 saturated heterocycles. The van der Waals surface area contributed by atoms with E-state index in [-0.39, 0.29) is 12.2 Å². The predicted molar refractivity (Wildman–Crippen MR) is 109 cm³/mol. The Labute approximate surface area is 164 Å².